The van der Waals surface area contributed by atoms with Gasteiger partial charge in [-0.2, -0.15) is 5.10 Å². The predicted molar refractivity (Wildman–Crippen MR) is 99.9 cm³/mol. The van der Waals surface area contributed by atoms with E-state index in [4.69, 9.17) is 4.42 Å². The fourth-order valence-corrected chi connectivity index (χ4v) is 3.15. The highest BCUT2D eigenvalue weighted by molar-refractivity contribution is 6.22. The van der Waals surface area contributed by atoms with Crippen molar-refractivity contribution in [3.8, 4) is 0 Å². The van der Waals surface area contributed by atoms with Gasteiger partial charge in [0.05, 0.1) is 30.1 Å². The summed E-state index contributed by atoms with van der Waals surface area (Å²) in [6.07, 6.45) is 3.09. The Kier molecular flexibility index (Phi) is 4.31. The van der Waals surface area contributed by atoms with Crippen LogP contribution in [0.5, 0.6) is 0 Å². The number of amides is 3. The lowest BCUT2D eigenvalue weighted by molar-refractivity contribution is 0.0631. The molecule has 2 aromatic heterocycles. The monoisotopic (exact) mass is 378 g/mol. The van der Waals surface area contributed by atoms with Crippen LogP contribution in [0.3, 0.4) is 0 Å². The Hall–Kier alpha value is -3.68. The molecule has 0 saturated carbocycles. The van der Waals surface area contributed by atoms with Gasteiger partial charge >= 0.3 is 0 Å². The standard InChI is InChI=1S/C20H18N4O4/c1-12(2)24-17(7-8-21-24)22-18(25)13-5-6-15-16(10-13)20(27)23(19(15)26)11-14-4-3-9-28-14/h3-10,12H,11H2,1-2H3,(H,22,25). The third-order valence-corrected chi connectivity index (χ3v) is 4.53. The topological polar surface area (TPSA) is 97.4 Å². The Morgan fingerprint density at radius 3 is 2.64 bits per heavy atom. The summed E-state index contributed by atoms with van der Waals surface area (Å²) < 4.78 is 6.91. The molecule has 142 valence electrons. The minimum atomic E-state index is -0.446. The largest absolute Gasteiger partial charge is 0.467 e. The molecule has 0 radical (unpaired) electrons. The van der Waals surface area contributed by atoms with Crippen LogP contribution in [0.25, 0.3) is 0 Å². The summed E-state index contributed by atoms with van der Waals surface area (Å²) in [5.41, 5.74) is 0.776. The molecule has 0 atom stereocenters. The van der Waals surface area contributed by atoms with Crippen molar-refractivity contribution in [2.75, 3.05) is 5.32 Å². The number of furan rings is 1. The highest BCUT2D eigenvalue weighted by atomic mass is 16.3. The quantitative estimate of drug-likeness (QED) is 0.688. The first-order chi connectivity index (χ1) is 13.5. The number of carbonyl (C=O) groups excluding carboxylic acids is 3. The third-order valence-electron chi connectivity index (χ3n) is 4.53. The number of nitrogens with one attached hydrogen (secondary N) is 1. The van der Waals surface area contributed by atoms with Gasteiger partial charge in [-0.25, -0.2) is 4.68 Å². The Morgan fingerprint density at radius 1 is 1.14 bits per heavy atom. The summed E-state index contributed by atoms with van der Waals surface area (Å²) in [6.45, 7) is 3.96. The number of benzene rings is 1. The Balaban J connectivity index is 1.57. The summed E-state index contributed by atoms with van der Waals surface area (Å²) in [5.74, 6) is -0.161. The maximum absolute atomic E-state index is 12.7. The van der Waals surface area contributed by atoms with Crippen LogP contribution in [0, 0.1) is 0 Å². The van der Waals surface area contributed by atoms with Crippen molar-refractivity contribution >= 4 is 23.5 Å². The van der Waals surface area contributed by atoms with E-state index in [2.05, 4.69) is 10.4 Å². The fraction of sp³-hybridized carbons (Fsp3) is 0.200. The number of carbonyl (C=O) groups is 3. The first kappa shape index (κ1) is 17.7. The normalized spacial score (nSPS) is 13.3. The van der Waals surface area contributed by atoms with Gasteiger partial charge in [-0.3, -0.25) is 19.3 Å². The first-order valence-electron chi connectivity index (χ1n) is 8.83. The number of rotatable bonds is 5. The molecule has 0 unspecified atom stereocenters. The molecule has 0 fully saturated rings. The lowest BCUT2D eigenvalue weighted by Gasteiger charge is -2.12. The molecular formula is C20H18N4O4. The molecule has 8 nitrogen and oxygen atoms in total. The van der Waals surface area contributed by atoms with Gasteiger partial charge in [0.25, 0.3) is 17.7 Å². The van der Waals surface area contributed by atoms with Gasteiger partial charge in [-0.05, 0) is 44.2 Å². The van der Waals surface area contributed by atoms with Crippen molar-refractivity contribution in [2.45, 2.75) is 26.4 Å². The molecular weight excluding hydrogens is 360 g/mol. The van der Waals surface area contributed by atoms with Crippen molar-refractivity contribution in [2.24, 2.45) is 0 Å². The highest BCUT2D eigenvalue weighted by Gasteiger charge is 2.36. The molecule has 3 aromatic rings. The number of hydrogen-bond acceptors (Lipinski definition) is 5. The first-order valence-corrected chi connectivity index (χ1v) is 8.83. The zero-order valence-corrected chi connectivity index (χ0v) is 15.4. The smallest absolute Gasteiger partial charge is 0.261 e. The van der Waals surface area contributed by atoms with E-state index >= 15 is 0 Å². The SMILES string of the molecule is CC(C)n1nccc1NC(=O)c1ccc2c(c1)C(=O)N(Cc1ccco1)C2=O. The molecule has 0 saturated heterocycles. The number of aromatic nitrogens is 2. The van der Waals surface area contributed by atoms with Crippen molar-refractivity contribution < 1.29 is 18.8 Å². The number of nitrogens with zero attached hydrogens (tertiary/aromatic N) is 3. The Morgan fingerprint density at radius 2 is 1.93 bits per heavy atom. The second-order valence-electron chi connectivity index (χ2n) is 6.75. The molecule has 28 heavy (non-hydrogen) atoms. The van der Waals surface area contributed by atoms with Crippen LogP contribution < -0.4 is 5.32 Å². The maximum Gasteiger partial charge on any atom is 0.261 e. The average molecular weight is 378 g/mol. The summed E-state index contributed by atoms with van der Waals surface area (Å²) in [5, 5.41) is 6.96. The van der Waals surface area contributed by atoms with Crippen LogP contribution >= 0.6 is 0 Å². The molecule has 1 N–H and O–H groups in total. The van der Waals surface area contributed by atoms with E-state index in [9.17, 15) is 14.4 Å². The molecule has 3 amide bonds. The van der Waals surface area contributed by atoms with Crippen molar-refractivity contribution in [1.29, 1.82) is 0 Å². The fourth-order valence-electron chi connectivity index (χ4n) is 3.15. The van der Waals surface area contributed by atoms with Gasteiger partial charge in [0, 0.05) is 17.7 Å². The number of hydrogen-bond donors (Lipinski definition) is 1. The van der Waals surface area contributed by atoms with E-state index in [0.29, 0.717) is 11.6 Å². The number of anilines is 1. The Bertz CT molecular complexity index is 1070. The van der Waals surface area contributed by atoms with E-state index in [1.165, 1.54) is 24.5 Å². The summed E-state index contributed by atoms with van der Waals surface area (Å²) >= 11 is 0. The van der Waals surface area contributed by atoms with Gasteiger partial charge in [0.1, 0.15) is 11.6 Å². The highest BCUT2D eigenvalue weighted by Crippen LogP contribution is 2.26. The van der Waals surface area contributed by atoms with E-state index in [-0.39, 0.29) is 35.2 Å². The molecule has 0 spiro atoms. The van der Waals surface area contributed by atoms with E-state index < -0.39 is 11.8 Å². The Labute approximate surface area is 160 Å². The van der Waals surface area contributed by atoms with Crippen LogP contribution in [0.4, 0.5) is 5.82 Å². The summed E-state index contributed by atoms with van der Waals surface area (Å²) in [6, 6.07) is 9.66. The van der Waals surface area contributed by atoms with E-state index in [1.54, 1.807) is 29.1 Å². The molecule has 1 aliphatic rings. The van der Waals surface area contributed by atoms with Crippen LogP contribution in [0.1, 0.15) is 56.7 Å². The van der Waals surface area contributed by atoms with Crippen LogP contribution in [0.15, 0.2) is 53.3 Å². The van der Waals surface area contributed by atoms with Crippen LogP contribution in [0.2, 0.25) is 0 Å². The molecule has 3 heterocycles. The molecule has 1 aromatic carbocycles. The van der Waals surface area contributed by atoms with Crippen molar-refractivity contribution in [1.82, 2.24) is 14.7 Å². The second kappa shape index (κ2) is 6.80. The van der Waals surface area contributed by atoms with Gasteiger partial charge in [0.2, 0.25) is 0 Å². The molecule has 4 rings (SSSR count). The van der Waals surface area contributed by atoms with Crippen molar-refractivity contribution in [3.05, 3.63) is 71.3 Å². The number of fused-ring (bicyclic) bond motifs is 1. The molecule has 0 bridgehead atoms. The summed E-state index contributed by atoms with van der Waals surface area (Å²) in [4.78, 5) is 39.0. The summed E-state index contributed by atoms with van der Waals surface area (Å²) in [7, 11) is 0. The van der Waals surface area contributed by atoms with E-state index in [0.717, 1.165) is 4.90 Å². The van der Waals surface area contributed by atoms with Gasteiger partial charge in [-0.1, -0.05) is 0 Å². The zero-order chi connectivity index (χ0) is 19.8. The zero-order valence-electron chi connectivity index (χ0n) is 15.4. The van der Waals surface area contributed by atoms with Crippen LogP contribution in [-0.2, 0) is 6.54 Å². The minimum Gasteiger partial charge on any atom is -0.467 e. The lowest BCUT2D eigenvalue weighted by Crippen LogP contribution is -2.28. The third kappa shape index (κ3) is 2.98. The maximum atomic E-state index is 12.7. The number of imide groups is 1. The molecule has 1 aliphatic heterocycles. The van der Waals surface area contributed by atoms with E-state index in [1.807, 2.05) is 13.8 Å². The molecule has 0 aliphatic carbocycles. The van der Waals surface area contributed by atoms with Gasteiger partial charge < -0.3 is 9.73 Å². The minimum absolute atomic E-state index is 0.0500. The predicted octanol–water partition coefficient (Wildman–Crippen LogP) is 3.11. The molecule has 8 heteroatoms. The van der Waals surface area contributed by atoms with Crippen molar-refractivity contribution in [3.63, 3.8) is 0 Å². The lowest BCUT2D eigenvalue weighted by atomic mass is 10.1. The second-order valence-corrected chi connectivity index (χ2v) is 6.75. The van der Waals surface area contributed by atoms with Gasteiger partial charge in [-0.15, -0.1) is 0 Å². The van der Waals surface area contributed by atoms with Crippen LogP contribution in [-0.4, -0.2) is 32.4 Å². The van der Waals surface area contributed by atoms with Gasteiger partial charge in [0.15, 0.2) is 0 Å². The average Bonchev–Trinajstić information content (AvgIpc) is 3.40.